The van der Waals surface area contributed by atoms with Crippen molar-refractivity contribution in [2.75, 3.05) is 7.05 Å². The van der Waals surface area contributed by atoms with Crippen molar-refractivity contribution in [2.45, 2.75) is 18.9 Å². The SMILES string of the molecule is CN1C(=O)CCC1c1nc2ccccc2n(C)c1=O. The maximum atomic E-state index is 12.4. The van der Waals surface area contributed by atoms with E-state index >= 15 is 0 Å². The molecule has 0 spiro atoms. The molecule has 1 atom stereocenters. The zero-order valence-electron chi connectivity index (χ0n) is 11.0. The van der Waals surface area contributed by atoms with E-state index in [1.54, 1.807) is 23.6 Å². The van der Waals surface area contributed by atoms with Crippen LogP contribution in [0.4, 0.5) is 0 Å². The Kier molecular flexibility index (Phi) is 2.62. The van der Waals surface area contributed by atoms with Crippen LogP contribution in [-0.2, 0) is 11.8 Å². The van der Waals surface area contributed by atoms with Gasteiger partial charge in [-0.3, -0.25) is 9.59 Å². The van der Waals surface area contributed by atoms with Gasteiger partial charge in [-0.15, -0.1) is 0 Å². The summed E-state index contributed by atoms with van der Waals surface area (Å²) in [6, 6.07) is 7.34. The van der Waals surface area contributed by atoms with Gasteiger partial charge in [-0.25, -0.2) is 4.98 Å². The smallest absolute Gasteiger partial charge is 0.274 e. The van der Waals surface area contributed by atoms with Crippen LogP contribution in [0.5, 0.6) is 0 Å². The topological polar surface area (TPSA) is 55.2 Å². The van der Waals surface area contributed by atoms with Crippen molar-refractivity contribution in [3.05, 3.63) is 40.3 Å². The molecule has 2 aromatic rings. The number of likely N-dealkylation sites (tertiary alicyclic amines) is 1. The minimum absolute atomic E-state index is 0.0713. The number of aromatic nitrogens is 2. The van der Waals surface area contributed by atoms with Crippen molar-refractivity contribution in [1.29, 1.82) is 0 Å². The van der Waals surface area contributed by atoms with E-state index in [0.717, 1.165) is 11.0 Å². The lowest BCUT2D eigenvalue weighted by molar-refractivity contribution is -0.127. The zero-order valence-corrected chi connectivity index (χ0v) is 11.0. The molecule has 0 aliphatic carbocycles. The Morgan fingerprint density at radius 2 is 1.95 bits per heavy atom. The second-order valence-electron chi connectivity index (χ2n) is 4.91. The van der Waals surface area contributed by atoms with Gasteiger partial charge in [0.05, 0.1) is 17.1 Å². The van der Waals surface area contributed by atoms with Crippen molar-refractivity contribution in [2.24, 2.45) is 7.05 Å². The molecule has 1 amide bonds. The number of nitrogens with zero attached hydrogens (tertiary/aromatic N) is 3. The molecule has 0 saturated carbocycles. The molecule has 1 aromatic carbocycles. The Hall–Kier alpha value is -2.17. The molecular weight excluding hydrogens is 242 g/mol. The summed E-state index contributed by atoms with van der Waals surface area (Å²) in [7, 11) is 3.48. The van der Waals surface area contributed by atoms with E-state index in [1.165, 1.54) is 0 Å². The lowest BCUT2D eigenvalue weighted by Gasteiger charge is -2.19. The molecule has 5 heteroatoms. The summed E-state index contributed by atoms with van der Waals surface area (Å²) in [5, 5.41) is 0. The van der Waals surface area contributed by atoms with Gasteiger partial charge < -0.3 is 9.47 Å². The van der Waals surface area contributed by atoms with E-state index in [4.69, 9.17) is 0 Å². The van der Waals surface area contributed by atoms with Crippen LogP contribution in [0, 0.1) is 0 Å². The fraction of sp³-hybridized carbons (Fsp3) is 0.357. The molecule has 1 saturated heterocycles. The highest BCUT2D eigenvalue weighted by atomic mass is 16.2. The molecule has 1 aliphatic heterocycles. The largest absolute Gasteiger partial charge is 0.337 e. The Labute approximate surface area is 110 Å². The van der Waals surface area contributed by atoms with E-state index < -0.39 is 0 Å². The van der Waals surface area contributed by atoms with Gasteiger partial charge in [-0.05, 0) is 18.6 Å². The fourth-order valence-electron chi connectivity index (χ4n) is 2.64. The monoisotopic (exact) mass is 257 g/mol. The summed E-state index contributed by atoms with van der Waals surface area (Å²) in [6.45, 7) is 0. The molecule has 19 heavy (non-hydrogen) atoms. The molecule has 1 unspecified atom stereocenters. The number of aryl methyl sites for hydroxylation is 1. The number of hydrogen-bond donors (Lipinski definition) is 0. The standard InChI is InChI=1S/C14H15N3O2/c1-16-11(7-8-12(16)18)13-14(19)17(2)10-6-4-3-5-9(10)15-13/h3-6,11H,7-8H2,1-2H3. The van der Waals surface area contributed by atoms with E-state index in [1.807, 2.05) is 24.3 Å². The maximum Gasteiger partial charge on any atom is 0.274 e. The Bertz CT molecular complexity index is 720. The number of carbonyl (C=O) groups is 1. The second-order valence-corrected chi connectivity index (χ2v) is 4.91. The third kappa shape index (κ3) is 1.73. The number of benzene rings is 1. The van der Waals surface area contributed by atoms with E-state index in [9.17, 15) is 9.59 Å². The van der Waals surface area contributed by atoms with Gasteiger partial charge in [-0.2, -0.15) is 0 Å². The molecule has 0 radical (unpaired) electrons. The molecule has 98 valence electrons. The minimum Gasteiger partial charge on any atom is -0.337 e. The third-order valence-electron chi connectivity index (χ3n) is 3.82. The Morgan fingerprint density at radius 1 is 1.21 bits per heavy atom. The van der Waals surface area contributed by atoms with Crippen LogP contribution in [0.15, 0.2) is 29.1 Å². The predicted molar refractivity (Wildman–Crippen MR) is 71.7 cm³/mol. The number of carbonyl (C=O) groups excluding carboxylic acids is 1. The summed E-state index contributed by atoms with van der Waals surface area (Å²) >= 11 is 0. The average Bonchev–Trinajstić information content (AvgIpc) is 2.75. The Balaban J connectivity index is 2.22. The van der Waals surface area contributed by atoms with E-state index in [-0.39, 0.29) is 17.5 Å². The van der Waals surface area contributed by atoms with Gasteiger partial charge in [0.1, 0.15) is 5.69 Å². The molecule has 1 fully saturated rings. The summed E-state index contributed by atoms with van der Waals surface area (Å²) in [5.74, 6) is 0.0713. The number of para-hydroxylation sites is 2. The van der Waals surface area contributed by atoms with Gasteiger partial charge in [0.2, 0.25) is 5.91 Å². The average molecular weight is 257 g/mol. The first-order valence-corrected chi connectivity index (χ1v) is 6.31. The quantitative estimate of drug-likeness (QED) is 0.772. The van der Waals surface area contributed by atoms with E-state index in [0.29, 0.717) is 18.5 Å². The van der Waals surface area contributed by atoms with E-state index in [2.05, 4.69) is 4.98 Å². The first-order chi connectivity index (χ1) is 9.09. The van der Waals surface area contributed by atoms with Crippen molar-refractivity contribution in [3.8, 4) is 0 Å². The van der Waals surface area contributed by atoms with Crippen molar-refractivity contribution in [3.63, 3.8) is 0 Å². The van der Waals surface area contributed by atoms with Crippen LogP contribution in [0.25, 0.3) is 11.0 Å². The van der Waals surface area contributed by atoms with Gasteiger partial charge in [0.25, 0.3) is 5.56 Å². The highest BCUT2D eigenvalue weighted by molar-refractivity contribution is 5.79. The second kappa shape index (κ2) is 4.19. The fourth-order valence-corrected chi connectivity index (χ4v) is 2.64. The number of rotatable bonds is 1. The lowest BCUT2D eigenvalue weighted by atomic mass is 10.1. The molecule has 3 rings (SSSR count). The Morgan fingerprint density at radius 3 is 2.63 bits per heavy atom. The minimum atomic E-state index is -0.198. The summed E-state index contributed by atoms with van der Waals surface area (Å²) in [6.07, 6.45) is 1.15. The van der Waals surface area contributed by atoms with Crippen LogP contribution in [0.1, 0.15) is 24.6 Å². The van der Waals surface area contributed by atoms with Gasteiger partial charge >= 0.3 is 0 Å². The third-order valence-corrected chi connectivity index (χ3v) is 3.82. The summed E-state index contributed by atoms with van der Waals surface area (Å²) in [4.78, 5) is 30.1. The molecule has 0 bridgehead atoms. The summed E-state index contributed by atoms with van der Waals surface area (Å²) < 4.78 is 1.61. The van der Waals surface area contributed by atoms with Crippen LogP contribution >= 0.6 is 0 Å². The maximum absolute atomic E-state index is 12.4. The van der Waals surface area contributed by atoms with Gasteiger partial charge in [0.15, 0.2) is 0 Å². The zero-order chi connectivity index (χ0) is 13.6. The van der Waals surface area contributed by atoms with Crippen molar-refractivity contribution < 1.29 is 4.79 Å². The molecule has 5 nitrogen and oxygen atoms in total. The van der Waals surface area contributed by atoms with Crippen LogP contribution in [0.2, 0.25) is 0 Å². The first kappa shape index (κ1) is 11.9. The predicted octanol–water partition coefficient (Wildman–Crippen LogP) is 1.23. The van der Waals surface area contributed by atoms with Crippen molar-refractivity contribution in [1.82, 2.24) is 14.5 Å². The van der Waals surface area contributed by atoms with Crippen LogP contribution in [-0.4, -0.2) is 27.4 Å². The van der Waals surface area contributed by atoms with Gasteiger partial charge in [-0.1, -0.05) is 12.1 Å². The number of fused-ring (bicyclic) bond motifs is 1. The normalized spacial score (nSPS) is 19.4. The van der Waals surface area contributed by atoms with Crippen molar-refractivity contribution >= 4 is 16.9 Å². The summed E-state index contributed by atoms with van der Waals surface area (Å²) in [5.41, 5.74) is 1.94. The molecule has 0 N–H and O–H groups in total. The number of amides is 1. The van der Waals surface area contributed by atoms with Crippen LogP contribution in [0.3, 0.4) is 0 Å². The highest BCUT2D eigenvalue weighted by Crippen LogP contribution is 2.28. The molecule has 1 aliphatic rings. The first-order valence-electron chi connectivity index (χ1n) is 6.31. The van der Waals surface area contributed by atoms with Crippen LogP contribution < -0.4 is 5.56 Å². The highest BCUT2D eigenvalue weighted by Gasteiger charge is 2.32. The number of hydrogen-bond acceptors (Lipinski definition) is 3. The van der Waals surface area contributed by atoms with Gasteiger partial charge in [0, 0.05) is 20.5 Å². The lowest BCUT2D eigenvalue weighted by Crippen LogP contribution is -2.31. The molecule has 1 aromatic heterocycles. The molecular formula is C14H15N3O2. The molecule has 2 heterocycles.